The lowest BCUT2D eigenvalue weighted by Gasteiger charge is -2.14. The summed E-state index contributed by atoms with van der Waals surface area (Å²) in [6.45, 7) is 6.43. The molecular weight excluding hydrogens is 288 g/mol. The fourth-order valence-corrected chi connectivity index (χ4v) is 2.55. The van der Waals surface area contributed by atoms with Crippen LogP contribution in [0.3, 0.4) is 0 Å². The van der Waals surface area contributed by atoms with Gasteiger partial charge < -0.3 is 9.84 Å². The average Bonchev–Trinajstić information content (AvgIpc) is 2.38. The Morgan fingerprint density at radius 1 is 1.14 bits per heavy atom. The van der Waals surface area contributed by atoms with E-state index in [2.05, 4.69) is 12.1 Å². The molecular formula is C17H17ClO3. The highest BCUT2D eigenvalue weighted by Gasteiger charge is 2.13. The zero-order valence-corrected chi connectivity index (χ0v) is 13.0. The highest BCUT2D eigenvalue weighted by Crippen LogP contribution is 2.25. The quantitative estimate of drug-likeness (QED) is 0.902. The van der Waals surface area contributed by atoms with Crippen LogP contribution in [0.1, 0.15) is 32.6 Å². The lowest BCUT2D eigenvalue weighted by Crippen LogP contribution is -2.05. The second-order valence-electron chi connectivity index (χ2n) is 5.11. The standard InChI is InChI=1S/C17H17ClO3/c1-10-6-11(2)15(12(3)7-10)9-21-16-5-4-13(18)8-14(16)17(19)20/h4-8H,9H2,1-3H3,(H,19,20). The maximum absolute atomic E-state index is 11.2. The molecule has 0 atom stereocenters. The summed E-state index contributed by atoms with van der Waals surface area (Å²) in [7, 11) is 0. The Labute approximate surface area is 129 Å². The van der Waals surface area contributed by atoms with Crippen molar-refractivity contribution >= 4 is 17.6 Å². The van der Waals surface area contributed by atoms with Gasteiger partial charge in [-0.25, -0.2) is 4.79 Å². The molecule has 0 unspecified atom stereocenters. The molecule has 0 aliphatic heterocycles. The maximum atomic E-state index is 11.2. The number of hydrogen-bond acceptors (Lipinski definition) is 2. The van der Waals surface area contributed by atoms with Gasteiger partial charge in [-0.15, -0.1) is 0 Å². The Balaban J connectivity index is 2.27. The number of carboxylic acids is 1. The van der Waals surface area contributed by atoms with Crippen LogP contribution >= 0.6 is 11.6 Å². The number of carboxylic acid groups (broad SMARTS) is 1. The van der Waals surface area contributed by atoms with Crippen molar-refractivity contribution in [2.75, 3.05) is 0 Å². The Morgan fingerprint density at radius 2 is 1.76 bits per heavy atom. The van der Waals surface area contributed by atoms with Crippen LogP contribution in [-0.2, 0) is 6.61 Å². The zero-order chi connectivity index (χ0) is 15.6. The van der Waals surface area contributed by atoms with Crippen LogP contribution in [0.4, 0.5) is 0 Å². The number of halogens is 1. The van der Waals surface area contributed by atoms with Crippen LogP contribution in [0.5, 0.6) is 5.75 Å². The highest BCUT2D eigenvalue weighted by atomic mass is 35.5. The molecule has 0 spiro atoms. The number of aromatic carboxylic acids is 1. The molecule has 0 bridgehead atoms. The van der Waals surface area contributed by atoms with Crippen LogP contribution in [0, 0.1) is 20.8 Å². The number of rotatable bonds is 4. The fraction of sp³-hybridized carbons (Fsp3) is 0.235. The topological polar surface area (TPSA) is 46.5 Å². The second-order valence-corrected chi connectivity index (χ2v) is 5.55. The largest absolute Gasteiger partial charge is 0.488 e. The molecule has 4 heteroatoms. The van der Waals surface area contributed by atoms with Crippen molar-refractivity contribution in [1.82, 2.24) is 0 Å². The molecule has 0 saturated carbocycles. The van der Waals surface area contributed by atoms with E-state index >= 15 is 0 Å². The highest BCUT2D eigenvalue weighted by molar-refractivity contribution is 6.31. The minimum atomic E-state index is -1.05. The molecule has 0 saturated heterocycles. The van der Waals surface area contributed by atoms with Crippen molar-refractivity contribution in [1.29, 1.82) is 0 Å². The molecule has 2 aromatic rings. The first kappa shape index (κ1) is 15.4. The number of carbonyl (C=O) groups is 1. The summed E-state index contributed by atoms with van der Waals surface area (Å²) < 4.78 is 5.70. The van der Waals surface area contributed by atoms with Crippen molar-refractivity contribution in [3.63, 3.8) is 0 Å². The normalized spacial score (nSPS) is 10.5. The number of aryl methyl sites for hydroxylation is 3. The van der Waals surface area contributed by atoms with E-state index in [0.717, 1.165) is 16.7 Å². The fourth-order valence-electron chi connectivity index (χ4n) is 2.38. The van der Waals surface area contributed by atoms with Gasteiger partial charge in [-0.2, -0.15) is 0 Å². The Hall–Kier alpha value is -2.00. The second kappa shape index (κ2) is 6.19. The molecule has 0 heterocycles. The average molecular weight is 305 g/mol. The Kier molecular flexibility index (Phi) is 4.53. The van der Waals surface area contributed by atoms with Gasteiger partial charge in [-0.1, -0.05) is 29.3 Å². The van der Waals surface area contributed by atoms with Crippen LogP contribution in [0.2, 0.25) is 5.02 Å². The van der Waals surface area contributed by atoms with Crippen molar-refractivity contribution in [2.45, 2.75) is 27.4 Å². The van der Waals surface area contributed by atoms with Gasteiger partial charge in [-0.3, -0.25) is 0 Å². The molecule has 0 aromatic heterocycles. The predicted molar refractivity (Wildman–Crippen MR) is 83.4 cm³/mol. The van der Waals surface area contributed by atoms with Gasteiger partial charge in [0.1, 0.15) is 17.9 Å². The molecule has 21 heavy (non-hydrogen) atoms. The van der Waals surface area contributed by atoms with E-state index < -0.39 is 5.97 Å². The van der Waals surface area contributed by atoms with Gasteiger partial charge in [0.15, 0.2) is 0 Å². The monoisotopic (exact) mass is 304 g/mol. The SMILES string of the molecule is Cc1cc(C)c(COc2ccc(Cl)cc2C(=O)O)c(C)c1. The lowest BCUT2D eigenvalue weighted by atomic mass is 10.0. The van der Waals surface area contributed by atoms with Gasteiger partial charge in [0.05, 0.1) is 0 Å². The first-order valence-electron chi connectivity index (χ1n) is 6.61. The third-order valence-corrected chi connectivity index (χ3v) is 3.62. The van der Waals surface area contributed by atoms with Gasteiger partial charge in [0.25, 0.3) is 0 Å². The molecule has 0 aliphatic rings. The molecule has 1 N–H and O–H groups in total. The smallest absolute Gasteiger partial charge is 0.339 e. The van der Waals surface area contributed by atoms with E-state index in [1.54, 1.807) is 12.1 Å². The van der Waals surface area contributed by atoms with Gasteiger partial charge >= 0.3 is 5.97 Å². The first-order valence-corrected chi connectivity index (χ1v) is 6.98. The van der Waals surface area contributed by atoms with E-state index in [-0.39, 0.29) is 5.56 Å². The van der Waals surface area contributed by atoms with E-state index in [0.29, 0.717) is 17.4 Å². The van der Waals surface area contributed by atoms with Crippen molar-refractivity contribution in [2.24, 2.45) is 0 Å². The molecule has 3 nitrogen and oxygen atoms in total. The van der Waals surface area contributed by atoms with E-state index in [9.17, 15) is 9.90 Å². The number of hydrogen-bond donors (Lipinski definition) is 1. The summed E-state index contributed by atoms with van der Waals surface area (Å²) >= 11 is 5.83. The third kappa shape index (κ3) is 3.56. The Morgan fingerprint density at radius 3 is 2.33 bits per heavy atom. The van der Waals surface area contributed by atoms with Gasteiger partial charge in [0.2, 0.25) is 0 Å². The summed E-state index contributed by atoms with van der Waals surface area (Å²) in [5, 5.41) is 9.57. The van der Waals surface area contributed by atoms with Crippen molar-refractivity contribution in [3.8, 4) is 5.75 Å². The summed E-state index contributed by atoms with van der Waals surface area (Å²) in [5.41, 5.74) is 4.62. The molecule has 0 aliphatic carbocycles. The maximum Gasteiger partial charge on any atom is 0.339 e. The van der Waals surface area contributed by atoms with Crippen molar-refractivity contribution in [3.05, 3.63) is 63.2 Å². The Bertz CT molecular complexity index is 669. The zero-order valence-electron chi connectivity index (χ0n) is 12.2. The van der Waals surface area contributed by atoms with Crippen molar-refractivity contribution < 1.29 is 14.6 Å². The number of benzene rings is 2. The van der Waals surface area contributed by atoms with E-state index in [1.807, 2.05) is 20.8 Å². The van der Waals surface area contributed by atoms with Crippen LogP contribution < -0.4 is 4.74 Å². The molecule has 0 amide bonds. The molecule has 2 rings (SSSR count). The van der Waals surface area contributed by atoms with E-state index in [1.165, 1.54) is 11.6 Å². The van der Waals surface area contributed by atoms with E-state index in [4.69, 9.17) is 16.3 Å². The van der Waals surface area contributed by atoms with Gasteiger partial charge in [0, 0.05) is 5.02 Å². The predicted octanol–water partition coefficient (Wildman–Crippen LogP) is 4.54. The lowest BCUT2D eigenvalue weighted by molar-refractivity contribution is 0.0692. The minimum Gasteiger partial charge on any atom is -0.488 e. The van der Waals surface area contributed by atoms with Crippen LogP contribution in [-0.4, -0.2) is 11.1 Å². The summed E-state index contributed by atoms with van der Waals surface area (Å²) in [5.74, 6) is -0.726. The molecule has 2 aromatic carbocycles. The summed E-state index contributed by atoms with van der Waals surface area (Å²) in [4.78, 5) is 11.2. The minimum absolute atomic E-state index is 0.0740. The molecule has 110 valence electrons. The third-order valence-electron chi connectivity index (χ3n) is 3.38. The van der Waals surface area contributed by atoms with Crippen LogP contribution in [0.15, 0.2) is 30.3 Å². The van der Waals surface area contributed by atoms with Gasteiger partial charge in [-0.05, 0) is 55.7 Å². The summed E-state index contributed by atoms with van der Waals surface area (Å²) in [6, 6.07) is 8.79. The molecule has 0 fully saturated rings. The first-order chi connectivity index (χ1) is 9.88. The molecule has 0 radical (unpaired) electrons. The number of ether oxygens (including phenoxy) is 1. The summed E-state index contributed by atoms with van der Waals surface area (Å²) in [6.07, 6.45) is 0. The van der Waals surface area contributed by atoms with Crippen LogP contribution in [0.25, 0.3) is 0 Å².